The van der Waals surface area contributed by atoms with Crippen molar-refractivity contribution in [3.05, 3.63) is 42.9 Å². The third-order valence-electron chi connectivity index (χ3n) is 2.74. The van der Waals surface area contributed by atoms with Crippen LogP contribution in [0.1, 0.15) is 6.92 Å². The lowest BCUT2D eigenvalue weighted by Crippen LogP contribution is -2.00. The summed E-state index contributed by atoms with van der Waals surface area (Å²) in [7, 11) is 0. The fourth-order valence-corrected chi connectivity index (χ4v) is 1.88. The second-order valence-corrected chi connectivity index (χ2v) is 4.06. The van der Waals surface area contributed by atoms with Gasteiger partial charge in [0.2, 0.25) is 0 Å². The second-order valence-electron chi connectivity index (χ2n) is 4.06. The molecule has 0 bridgehead atoms. The number of rotatable bonds is 3. The smallest absolute Gasteiger partial charge is 0.161 e. The number of nitrogens with one attached hydrogen (secondary N) is 1. The van der Waals surface area contributed by atoms with Crippen molar-refractivity contribution < 1.29 is 0 Å². The topological polar surface area (TPSA) is 63.6 Å². The van der Waals surface area contributed by atoms with Crippen molar-refractivity contribution in [2.75, 3.05) is 11.9 Å². The average molecular weight is 251 g/mol. The molecule has 0 atom stereocenters. The van der Waals surface area contributed by atoms with E-state index in [1.54, 1.807) is 18.6 Å². The highest BCUT2D eigenvalue weighted by Gasteiger charge is 2.04. The number of anilines is 1. The van der Waals surface area contributed by atoms with Gasteiger partial charge in [-0.1, -0.05) is 0 Å². The minimum Gasteiger partial charge on any atom is -0.370 e. The van der Waals surface area contributed by atoms with Crippen molar-refractivity contribution in [3.63, 3.8) is 0 Å². The molecule has 2 heterocycles. The lowest BCUT2D eigenvalue weighted by atomic mass is 10.2. The van der Waals surface area contributed by atoms with Gasteiger partial charge in [-0.25, -0.2) is 9.97 Å². The monoisotopic (exact) mass is 251 g/mol. The van der Waals surface area contributed by atoms with Crippen LogP contribution in [0.5, 0.6) is 0 Å². The fraction of sp³-hybridized carbons (Fsp3) is 0.143. The molecule has 0 aliphatic rings. The van der Waals surface area contributed by atoms with E-state index in [9.17, 15) is 0 Å². The molecule has 5 nitrogen and oxygen atoms in total. The van der Waals surface area contributed by atoms with Crippen molar-refractivity contribution in [1.82, 2.24) is 19.9 Å². The van der Waals surface area contributed by atoms with Crippen LogP contribution in [0.2, 0.25) is 0 Å². The second kappa shape index (κ2) is 4.97. The summed E-state index contributed by atoms with van der Waals surface area (Å²) in [6, 6.07) is 7.70. The summed E-state index contributed by atoms with van der Waals surface area (Å²) < 4.78 is 0. The summed E-state index contributed by atoms with van der Waals surface area (Å²) in [6.45, 7) is 2.87. The van der Waals surface area contributed by atoms with Gasteiger partial charge >= 0.3 is 0 Å². The van der Waals surface area contributed by atoms with Crippen LogP contribution in [0, 0.1) is 0 Å². The molecule has 2 aromatic heterocycles. The maximum absolute atomic E-state index is 4.47. The van der Waals surface area contributed by atoms with E-state index in [4.69, 9.17) is 0 Å². The molecule has 1 N–H and O–H groups in total. The lowest BCUT2D eigenvalue weighted by molar-refractivity contribution is 1.12. The summed E-state index contributed by atoms with van der Waals surface area (Å²) in [6.07, 6.45) is 5.12. The van der Waals surface area contributed by atoms with Crippen LogP contribution in [0.4, 0.5) is 5.82 Å². The predicted octanol–water partition coefficient (Wildman–Crippen LogP) is 2.52. The first-order chi connectivity index (χ1) is 9.36. The third-order valence-corrected chi connectivity index (χ3v) is 2.74. The Morgan fingerprint density at radius 1 is 0.947 bits per heavy atom. The predicted molar refractivity (Wildman–Crippen MR) is 74.7 cm³/mol. The molecule has 0 spiro atoms. The maximum Gasteiger partial charge on any atom is 0.161 e. The Bertz CT molecular complexity index is 711. The molecule has 0 aliphatic carbocycles. The summed E-state index contributed by atoms with van der Waals surface area (Å²) in [4.78, 5) is 17.3. The van der Waals surface area contributed by atoms with Crippen molar-refractivity contribution in [3.8, 4) is 11.4 Å². The van der Waals surface area contributed by atoms with Gasteiger partial charge < -0.3 is 5.32 Å². The molecule has 94 valence electrons. The Balaban J connectivity index is 2.05. The molecule has 1 aromatic carbocycles. The molecule has 3 rings (SSSR count). The van der Waals surface area contributed by atoms with Crippen LogP contribution < -0.4 is 5.32 Å². The minimum absolute atomic E-state index is 0.686. The molecule has 0 saturated carbocycles. The number of nitrogens with zero attached hydrogens (tertiary/aromatic N) is 4. The van der Waals surface area contributed by atoms with Crippen LogP contribution in [0.15, 0.2) is 42.9 Å². The van der Waals surface area contributed by atoms with Crippen molar-refractivity contribution in [2.24, 2.45) is 0 Å². The zero-order valence-corrected chi connectivity index (χ0v) is 10.5. The summed E-state index contributed by atoms with van der Waals surface area (Å²) in [5.41, 5.74) is 2.65. The van der Waals surface area contributed by atoms with Gasteiger partial charge in [0.1, 0.15) is 5.82 Å². The van der Waals surface area contributed by atoms with E-state index in [1.807, 2.05) is 31.2 Å². The Morgan fingerprint density at radius 2 is 1.79 bits per heavy atom. The van der Waals surface area contributed by atoms with Gasteiger partial charge in [0.05, 0.1) is 11.0 Å². The number of hydrogen-bond donors (Lipinski definition) is 1. The molecule has 0 aliphatic heterocycles. The van der Waals surface area contributed by atoms with Gasteiger partial charge in [-0.2, -0.15) is 0 Å². The molecule has 0 radical (unpaired) electrons. The quantitative estimate of drug-likeness (QED) is 0.775. The molecule has 0 fully saturated rings. The van der Waals surface area contributed by atoms with Gasteiger partial charge in [-0.15, -0.1) is 0 Å². The van der Waals surface area contributed by atoms with Gasteiger partial charge in [-0.05, 0) is 31.2 Å². The zero-order chi connectivity index (χ0) is 13.1. The summed E-state index contributed by atoms with van der Waals surface area (Å²) in [5.74, 6) is 1.51. The Morgan fingerprint density at radius 3 is 2.63 bits per heavy atom. The standard InChI is InChI=1S/C14H13N5/c1-2-15-13-5-6-18-14(19-13)10-3-4-11-12(9-10)17-8-7-16-11/h3-9H,2H2,1H3,(H,15,18,19). The van der Waals surface area contributed by atoms with Crippen LogP contribution >= 0.6 is 0 Å². The maximum atomic E-state index is 4.47. The average Bonchev–Trinajstić information content (AvgIpc) is 2.47. The molecule has 0 amide bonds. The molecular formula is C14H13N5. The number of hydrogen-bond acceptors (Lipinski definition) is 5. The summed E-state index contributed by atoms with van der Waals surface area (Å²) in [5, 5.41) is 3.18. The van der Waals surface area contributed by atoms with Gasteiger partial charge in [0.15, 0.2) is 5.82 Å². The fourth-order valence-electron chi connectivity index (χ4n) is 1.88. The van der Waals surface area contributed by atoms with E-state index in [0.717, 1.165) is 29.0 Å². The zero-order valence-electron chi connectivity index (χ0n) is 10.5. The van der Waals surface area contributed by atoms with Crippen LogP contribution in [0.3, 0.4) is 0 Å². The first-order valence-electron chi connectivity index (χ1n) is 6.15. The van der Waals surface area contributed by atoms with E-state index in [-0.39, 0.29) is 0 Å². The Labute approximate surface area is 110 Å². The van der Waals surface area contributed by atoms with Gasteiger partial charge in [0, 0.05) is 30.7 Å². The molecule has 0 unspecified atom stereocenters. The van der Waals surface area contributed by atoms with Crippen molar-refractivity contribution in [2.45, 2.75) is 6.92 Å². The molecule has 5 heteroatoms. The summed E-state index contributed by atoms with van der Waals surface area (Å²) >= 11 is 0. The highest BCUT2D eigenvalue weighted by molar-refractivity contribution is 5.79. The van der Waals surface area contributed by atoms with Crippen molar-refractivity contribution in [1.29, 1.82) is 0 Å². The van der Waals surface area contributed by atoms with Crippen LogP contribution in [-0.4, -0.2) is 26.5 Å². The highest BCUT2D eigenvalue weighted by Crippen LogP contribution is 2.20. The van der Waals surface area contributed by atoms with E-state index >= 15 is 0 Å². The molecule has 0 saturated heterocycles. The lowest BCUT2D eigenvalue weighted by Gasteiger charge is -2.05. The van der Waals surface area contributed by atoms with E-state index in [2.05, 4.69) is 25.3 Å². The first kappa shape index (κ1) is 11.5. The third kappa shape index (κ3) is 2.35. The van der Waals surface area contributed by atoms with Crippen LogP contribution in [-0.2, 0) is 0 Å². The molecule has 3 aromatic rings. The first-order valence-corrected chi connectivity index (χ1v) is 6.15. The number of fused-ring (bicyclic) bond motifs is 1. The van der Waals surface area contributed by atoms with Crippen molar-refractivity contribution >= 4 is 16.9 Å². The largest absolute Gasteiger partial charge is 0.370 e. The number of benzene rings is 1. The Kier molecular flexibility index (Phi) is 3.02. The van der Waals surface area contributed by atoms with E-state index < -0.39 is 0 Å². The normalized spacial score (nSPS) is 10.6. The number of aromatic nitrogens is 4. The van der Waals surface area contributed by atoms with Crippen LogP contribution in [0.25, 0.3) is 22.4 Å². The van der Waals surface area contributed by atoms with E-state index in [1.165, 1.54) is 0 Å². The molecule has 19 heavy (non-hydrogen) atoms. The van der Waals surface area contributed by atoms with Gasteiger partial charge in [-0.3, -0.25) is 9.97 Å². The molecular weight excluding hydrogens is 238 g/mol. The minimum atomic E-state index is 0.686. The SMILES string of the molecule is CCNc1ccnc(-c2ccc3nccnc3c2)n1. The van der Waals surface area contributed by atoms with Gasteiger partial charge in [0.25, 0.3) is 0 Å². The Hall–Kier alpha value is -2.56. The highest BCUT2D eigenvalue weighted by atomic mass is 15.0. The van der Waals surface area contributed by atoms with E-state index in [0.29, 0.717) is 5.82 Å².